The van der Waals surface area contributed by atoms with Crippen LogP contribution in [0.1, 0.15) is 0 Å². The van der Waals surface area contributed by atoms with Gasteiger partial charge in [-0.1, -0.05) is 17.7 Å². The fourth-order valence-electron chi connectivity index (χ4n) is 1.18. The van der Waals surface area contributed by atoms with Gasteiger partial charge in [-0.3, -0.25) is 0 Å². The van der Waals surface area contributed by atoms with Crippen LogP contribution in [0.2, 0.25) is 0 Å². The van der Waals surface area contributed by atoms with Gasteiger partial charge in [-0.2, -0.15) is 0 Å². The number of ether oxygens (including phenoxy) is 2. The zero-order valence-electron chi connectivity index (χ0n) is 7.38. The van der Waals surface area contributed by atoms with E-state index in [2.05, 4.69) is 6.58 Å². The zero-order chi connectivity index (χ0) is 9.84. The van der Waals surface area contributed by atoms with Gasteiger partial charge in [0.25, 0.3) is 0 Å². The van der Waals surface area contributed by atoms with Crippen LogP contribution in [0.25, 0.3) is 0 Å². The Hall–Kier alpha value is -0.800. The molecule has 0 aromatic rings. The number of halogens is 1. The van der Waals surface area contributed by atoms with Crippen LogP contribution < -0.4 is 0 Å². The number of rotatable bonds is 3. The molecule has 0 saturated carbocycles. The lowest BCUT2D eigenvalue weighted by Gasteiger charge is -2.03. The van der Waals surface area contributed by atoms with Gasteiger partial charge in [-0.15, -0.1) is 6.58 Å². The number of carbonyl (C=O) groups excluding carboxylic acids is 1. The van der Waals surface area contributed by atoms with E-state index in [1.165, 1.54) is 7.11 Å². The third kappa shape index (κ3) is 2.11. The average molecular weight is 203 g/mol. The molecule has 1 heterocycles. The summed E-state index contributed by atoms with van der Waals surface area (Å²) < 4.78 is 9.65. The van der Waals surface area contributed by atoms with Crippen LogP contribution in [0, 0.1) is 5.92 Å². The van der Waals surface area contributed by atoms with E-state index in [0.717, 1.165) is 0 Å². The van der Waals surface area contributed by atoms with Gasteiger partial charge < -0.3 is 9.47 Å². The Morgan fingerprint density at radius 3 is 3.15 bits per heavy atom. The Bertz CT molecular complexity index is 258. The van der Waals surface area contributed by atoms with Crippen molar-refractivity contribution in [3.05, 3.63) is 23.3 Å². The van der Waals surface area contributed by atoms with Gasteiger partial charge in [0, 0.05) is 13.0 Å². The molecule has 0 amide bonds. The highest BCUT2D eigenvalue weighted by Crippen LogP contribution is 2.27. The lowest BCUT2D eigenvalue weighted by atomic mass is 10.0. The molecule has 0 N–H and O–H groups in total. The monoisotopic (exact) mass is 202 g/mol. The molecule has 0 spiro atoms. The first-order chi connectivity index (χ1) is 6.20. The molecule has 1 unspecified atom stereocenters. The second-order valence-electron chi connectivity index (χ2n) is 2.69. The van der Waals surface area contributed by atoms with Gasteiger partial charge in [0.2, 0.25) is 0 Å². The molecule has 1 rings (SSSR count). The van der Waals surface area contributed by atoms with Gasteiger partial charge in [0.05, 0.1) is 17.2 Å². The number of hydrogen-bond acceptors (Lipinski definition) is 3. The molecule has 0 aromatic carbocycles. The van der Waals surface area contributed by atoms with Crippen LogP contribution in [-0.2, 0) is 14.3 Å². The number of hydrogen-bond donors (Lipinski definition) is 0. The summed E-state index contributed by atoms with van der Waals surface area (Å²) in [4.78, 5) is 11.2. The molecule has 72 valence electrons. The number of carbonyl (C=O) groups is 1. The van der Waals surface area contributed by atoms with Crippen LogP contribution in [0.5, 0.6) is 0 Å². The number of methoxy groups -OCH3 is 1. The highest BCUT2D eigenvalue weighted by atomic mass is 35.5. The maximum absolute atomic E-state index is 11.2. The Balaban J connectivity index is 2.90. The lowest BCUT2D eigenvalue weighted by molar-refractivity contribution is -0.135. The van der Waals surface area contributed by atoms with Crippen molar-refractivity contribution >= 4 is 17.6 Å². The molecular formula is C9H11ClO3. The zero-order valence-corrected chi connectivity index (χ0v) is 8.13. The van der Waals surface area contributed by atoms with Crippen LogP contribution in [-0.4, -0.2) is 26.3 Å². The van der Waals surface area contributed by atoms with Gasteiger partial charge in [0.15, 0.2) is 0 Å². The fourth-order valence-corrected chi connectivity index (χ4v) is 1.51. The predicted molar refractivity (Wildman–Crippen MR) is 49.4 cm³/mol. The molecule has 1 saturated heterocycles. The first-order valence-corrected chi connectivity index (χ1v) is 4.25. The lowest BCUT2D eigenvalue weighted by Crippen LogP contribution is -2.05. The van der Waals surface area contributed by atoms with Gasteiger partial charge >= 0.3 is 5.97 Å². The van der Waals surface area contributed by atoms with E-state index in [1.54, 1.807) is 6.08 Å². The standard InChI is InChI=1S/C9H11ClO3/c1-3-6-4-13-9(11)8(6)7(10)5-12-2/h3,6H,1,4-5H2,2H3/b8-7+. The Kier molecular flexibility index (Phi) is 3.51. The molecule has 0 bridgehead atoms. The molecule has 1 fully saturated rings. The van der Waals surface area contributed by atoms with E-state index >= 15 is 0 Å². The van der Waals surface area contributed by atoms with Crippen molar-refractivity contribution in [1.82, 2.24) is 0 Å². The summed E-state index contributed by atoms with van der Waals surface area (Å²) in [7, 11) is 1.52. The third-order valence-corrected chi connectivity index (χ3v) is 2.15. The maximum Gasteiger partial charge on any atom is 0.336 e. The summed E-state index contributed by atoms with van der Waals surface area (Å²) in [5.74, 6) is -0.470. The molecule has 13 heavy (non-hydrogen) atoms. The maximum atomic E-state index is 11.2. The minimum atomic E-state index is -0.369. The first-order valence-electron chi connectivity index (χ1n) is 3.87. The molecule has 1 aliphatic heterocycles. The van der Waals surface area contributed by atoms with Gasteiger partial charge in [-0.25, -0.2) is 4.79 Å². The van der Waals surface area contributed by atoms with Crippen molar-refractivity contribution in [2.75, 3.05) is 20.3 Å². The van der Waals surface area contributed by atoms with Crippen molar-refractivity contribution in [2.24, 2.45) is 5.92 Å². The van der Waals surface area contributed by atoms with Gasteiger partial charge in [0.1, 0.15) is 6.61 Å². The Morgan fingerprint density at radius 2 is 2.62 bits per heavy atom. The van der Waals surface area contributed by atoms with E-state index in [0.29, 0.717) is 17.2 Å². The fraction of sp³-hybridized carbons (Fsp3) is 0.444. The van der Waals surface area contributed by atoms with Crippen LogP contribution in [0.15, 0.2) is 23.3 Å². The van der Waals surface area contributed by atoms with E-state index in [4.69, 9.17) is 21.1 Å². The molecule has 1 aliphatic rings. The SMILES string of the molecule is C=CC1COC(=O)/C1=C(/Cl)COC. The minimum Gasteiger partial charge on any atom is -0.461 e. The first kappa shape index (κ1) is 10.3. The topological polar surface area (TPSA) is 35.5 Å². The Morgan fingerprint density at radius 1 is 1.92 bits per heavy atom. The molecule has 4 heteroatoms. The normalized spacial score (nSPS) is 25.7. The summed E-state index contributed by atoms with van der Waals surface area (Å²) in [6.45, 7) is 4.17. The third-order valence-electron chi connectivity index (χ3n) is 1.83. The summed E-state index contributed by atoms with van der Waals surface area (Å²) in [6, 6.07) is 0. The minimum absolute atomic E-state index is 0.102. The summed E-state index contributed by atoms with van der Waals surface area (Å²) in [6.07, 6.45) is 1.65. The van der Waals surface area contributed by atoms with Crippen LogP contribution in [0.3, 0.4) is 0 Å². The highest BCUT2D eigenvalue weighted by molar-refractivity contribution is 6.32. The summed E-state index contributed by atoms with van der Waals surface area (Å²) in [5, 5.41) is 0.398. The summed E-state index contributed by atoms with van der Waals surface area (Å²) in [5.41, 5.74) is 0.471. The molecule has 3 nitrogen and oxygen atoms in total. The second kappa shape index (κ2) is 4.44. The molecule has 0 radical (unpaired) electrons. The Labute approximate surface area is 82.0 Å². The van der Waals surface area contributed by atoms with Crippen molar-refractivity contribution in [2.45, 2.75) is 0 Å². The second-order valence-corrected chi connectivity index (χ2v) is 3.15. The number of esters is 1. The highest BCUT2D eigenvalue weighted by Gasteiger charge is 2.30. The van der Waals surface area contributed by atoms with E-state index in [9.17, 15) is 4.79 Å². The molecule has 0 aromatic heterocycles. The predicted octanol–water partition coefficient (Wildman–Crippen LogP) is 1.48. The molecule has 1 atom stereocenters. The van der Waals surface area contributed by atoms with E-state index in [-0.39, 0.29) is 18.5 Å². The van der Waals surface area contributed by atoms with Crippen molar-refractivity contribution in [1.29, 1.82) is 0 Å². The van der Waals surface area contributed by atoms with Crippen molar-refractivity contribution in [3.63, 3.8) is 0 Å². The van der Waals surface area contributed by atoms with Gasteiger partial charge in [-0.05, 0) is 0 Å². The average Bonchev–Trinajstić information content (AvgIpc) is 2.47. The largest absolute Gasteiger partial charge is 0.461 e. The quantitative estimate of drug-likeness (QED) is 0.395. The molecular weight excluding hydrogens is 192 g/mol. The van der Waals surface area contributed by atoms with Crippen molar-refractivity contribution < 1.29 is 14.3 Å². The summed E-state index contributed by atoms with van der Waals surface area (Å²) >= 11 is 5.86. The van der Waals surface area contributed by atoms with E-state index in [1.807, 2.05) is 0 Å². The van der Waals surface area contributed by atoms with Crippen molar-refractivity contribution in [3.8, 4) is 0 Å². The van der Waals surface area contributed by atoms with Crippen LogP contribution >= 0.6 is 11.6 Å². The number of cyclic esters (lactones) is 1. The van der Waals surface area contributed by atoms with E-state index < -0.39 is 0 Å². The molecule has 0 aliphatic carbocycles. The van der Waals surface area contributed by atoms with Crippen LogP contribution in [0.4, 0.5) is 0 Å². The smallest absolute Gasteiger partial charge is 0.336 e.